The standard InChI is InChI=1S/C13H22N4O/c1-13(4-6-14-7-5-13)11-8-15-10-17(11)9-12(18)16(2)3/h8,10,14H,4-7,9H2,1-3H3. The zero-order chi connectivity index (χ0) is 13.2. The average molecular weight is 250 g/mol. The molecule has 5 heteroatoms. The highest BCUT2D eigenvalue weighted by Crippen LogP contribution is 2.32. The summed E-state index contributed by atoms with van der Waals surface area (Å²) in [6, 6.07) is 0. The van der Waals surface area contributed by atoms with Gasteiger partial charge in [-0.05, 0) is 25.9 Å². The van der Waals surface area contributed by atoms with Crippen molar-refractivity contribution in [1.82, 2.24) is 19.8 Å². The highest BCUT2D eigenvalue weighted by molar-refractivity contribution is 5.75. The van der Waals surface area contributed by atoms with Gasteiger partial charge in [0.15, 0.2) is 0 Å². The van der Waals surface area contributed by atoms with Crippen LogP contribution in [0.3, 0.4) is 0 Å². The van der Waals surface area contributed by atoms with Crippen LogP contribution in [-0.2, 0) is 16.8 Å². The number of nitrogens with one attached hydrogen (secondary N) is 1. The second-order valence-corrected chi connectivity index (χ2v) is 5.51. The number of likely N-dealkylation sites (N-methyl/N-ethyl adjacent to an activating group) is 1. The first-order chi connectivity index (χ1) is 8.53. The summed E-state index contributed by atoms with van der Waals surface area (Å²) >= 11 is 0. The van der Waals surface area contributed by atoms with Gasteiger partial charge in [-0.3, -0.25) is 4.79 Å². The molecule has 2 rings (SSSR count). The largest absolute Gasteiger partial charge is 0.347 e. The topological polar surface area (TPSA) is 50.2 Å². The van der Waals surface area contributed by atoms with Crippen molar-refractivity contribution in [3.05, 3.63) is 18.2 Å². The van der Waals surface area contributed by atoms with E-state index in [9.17, 15) is 4.79 Å². The smallest absolute Gasteiger partial charge is 0.242 e. The molecule has 100 valence electrons. The van der Waals surface area contributed by atoms with E-state index in [0.29, 0.717) is 6.54 Å². The summed E-state index contributed by atoms with van der Waals surface area (Å²) in [5.74, 6) is 0.104. The van der Waals surface area contributed by atoms with Crippen molar-refractivity contribution in [3.8, 4) is 0 Å². The van der Waals surface area contributed by atoms with Gasteiger partial charge in [-0.2, -0.15) is 0 Å². The summed E-state index contributed by atoms with van der Waals surface area (Å²) in [5, 5.41) is 3.38. The molecule has 5 nitrogen and oxygen atoms in total. The van der Waals surface area contributed by atoms with Gasteiger partial charge in [-0.15, -0.1) is 0 Å². The van der Waals surface area contributed by atoms with Gasteiger partial charge < -0.3 is 14.8 Å². The minimum atomic E-state index is 0.104. The summed E-state index contributed by atoms with van der Waals surface area (Å²) in [4.78, 5) is 17.7. The van der Waals surface area contributed by atoms with Crippen LogP contribution < -0.4 is 5.32 Å². The summed E-state index contributed by atoms with van der Waals surface area (Å²) in [6.07, 6.45) is 5.86. The van der Waals surface area contributed by atoms with Gasteiger partial charge >= 0.3 is 0 Å². The number of nitrogens with zero attached hydrogens (tertiary/aromatic N) is 3. The van der Waals surface area contributed by atoms with Crippen molar-refractivity contribution in [2.45, 2.75) is 31.7 Å². The molecule has 0 radical (unpaired) electrons. The average Bonchev–Trinajstić information content (AvgIpc) is 2.78. The van der Waals surface area contributed by atoms with Gasteiger partial charge in [0.1, 0.15) is 6.54 Å². The second kappa shape index (κ2) is 5.10. The Kier molecular flexibility index (Phi) is 3.71. The van der Waals surface area contributed by atoms with Crippen LogP contribution in [0.1, 0.15) is 25.5 Å². The van der Waals surface area contributed by atoms with Crippen LogP contribution in [-0.4, -0.2) is 47.5 Å². The Morgan fingerprint density at radius 1 is 1.50 bits per heavy atom. The number of carbonyl (C=O) groups is 1. The molecule has 0 unspecified atom stereocenters. The van der Waals surface area contributed by atoms with Crippen LogP contribution in [0.4, 0.5) is 0 Å². The predicted molar refractivity (Wildman–Crippen MR) is 70.4 cm³/mol. The molecular formula is C13H22N4O. The number of carbonyl (C=O) groups excluding carboxylic acids is 1. The fourth-order valence-corrected chi connectivity index (χ4v) is 2.47. The van der Waals surface area contributed by atoms with E-state index >= 15 is 0 Å². The zero-order valence-electron chi connectivity index (χ0n) is 11.4. The Morgan fingerprint density at radius 3 is 2.78 bits per heavy atom. The van der Waals surface area contributed by atoms with E-state index in [1.807, 2.05) is 10.8 Å². The molecule has 0 bridgehead atoms. The molecule has 0 aliphatic carbocycles. The van der Waals surface area contributed by atoms with E-state index in [4.69, 9.17) is 0 Å². The van der Waals surface area contributed by atoms with Gasteiger partial charge in [0.2, 0.25) is 5.91 Å². The van der Waals surface area contributed by atoms with Crippen LogP contribution >= 0.6 is 0 Å². The lowest BCUT2D eigenvalue weighted by atomic mass is 9.78. The molecule has 1 aromatic rings. The molecule has 0 saturated carbocycles. The van der Waals surface area contributed by atoms with E-state index < -0.39 is 0 Å². The summed E-state index contributed by atoms with van der Waals surface area (Å²) in [6.45, 7) is 4.71. The first-order valence-corrected chi connectivity index (χ1v) is 6.44. The van der Waals surface area contributed by atoms with Crippen LogP contribution in [0.15, 0.2) is 12.5 Å². The number of amides is 1. The maximum atomic E-state index is 11.8. The maximum Gasteiger partial charge on any atom is 0.242 e. The highest BCUT2D eigenvalue weighted by atomic mass is 16.2. The molecule has 1 amide bonds. The molecule has 0 spiro atoms. The Bertz CT molecular complexity index is 418. The molecule has 1 fully saturated rings. The molecule has 1 aromatic heterocycles. The van der Waals surface area contributed by atoms with Gasteiger partial charge in [-0.25, -0.2) is 4.98 Å². The number of imidazole rings is 1. The molecule has 1 N–H and O–H groups in total. The minimum absolute atomic E-state index is 0.104. The third-order valence-corrected chi connectivity index (χ3v) is 3.84. The van der Waals surface area contributed by atoms with Crippen molar-refractivity contribution >= 4 is 5.91 Å². The molecule has 0 atom stereocenters. The van der Waals surface area contributed by atoms with Crippen molar-refractivity contribution in [3.63, 3.8) is 0 Å². The molecule has 1 aliphatic heterocycles. The van der Waals surface area contributed by atoms with E-state index in [-0.39, 0.29) is 11.3 Å². The third kappa shape index (κ3) is 2.56. The Morgan fingerprint density at radius 2 is 2.17 bits per heavy atom. The van der Waals surface area contributed by atoms with E-state index in [1.165, 1.54) is 5.69 Å². The monoisotopic (exact) mass is 250 g/mol. The number of aromatic nitrogens is 2. The lowest BCUT2D eigenvalue weighted by molar-refractivity contribution is -0.129. The fourth-order valence-electron chi connectivity index (χ4n) is 2.47. The normalized spacial score (nSPS) is 18.6. The van der Waals surface area contributed by atoms with Crippen molar-refractivity contribution in [2.24, 2.45) is 0 Å². The van der Waals surface area contributed by atoms with Crippen LogP contribution in [0.2, 0.25) is 0 Å². The second-order valence-electron chi connectivity index (χ2n) is 5.51. The van der Waals surface area contributed by atoms with E-state index in [2.05, 4.69) is 17.2 Å². The Labute approximate surface area is 108 Å². The summed E-state index contributed by atoms with van der Waals surface area (Å²) < 4.78 is 1.99. The summed E-state index contributed by atoms with van der Waals surface area (Å²) in [7, 11) is 3.57. The quantitative estimate of drug-likeness (QED) is 0.855. The minimum Gasteiger partial charge on any atom is -0.347 e. The van der Waals surface area contributed by atoms with Gasteiger partial charge in [0.25, 0.3) is 0 Å². The van der Waals surface area contributed by atoms with E-state index in [0.717, 1.165) is 25.9 Å². The Hall–Kier alpha value is -1.36. The first kappa shape index (κ1) is 13.1. The molecule has 2 heterocycles. The predicted octanol–water partition coefficient (Wildman–Crippen LogP) is 0.612. The van der Waals surface area contributed by atoms with Crippen molar-refractivity contribution in [1.29, 1.82) is 0 Å². The van der Waals surface area contributed by atoms with Gasteiger partial charge in [0.05, 0.1) is 6.33 Å². The van der Waals surface area contributed by atoms with Crippen molar-refractivity contribution < 1.29 is 4.79 Å². The van der Waals surface area contributed by atoms with Crippen LogP contribution in [0, 0.1) is 0 Å². The fraction of sp³-hybridized carbons (Fsp3) is 0.692. The van der Waals surface area contributed by atoms with Crippen molar-refractivity contribution in [2.75, 3.05) is 27.2 Å². The molecule has 18 heavy (non-hydrogen) atoms. The number of piperidine rings is 1. The zero-order valence-corrected chi connectivity index (χ0v) is 11.4. The van der Waals surface area contributed by atoms with Crippen LogP contribution in [0.5, 0.6) is 0 Å². The summed E-state index contributed by atoms with van der Waals surface area (Å²) in [5.41, 5.74) is 1.31. The third-order valence-electron chi connectivity index (χ3n) is 3.84. The molecular weight excluding hydrogens is 228 g/mol. The lowest BCUT2D eigenvalue weighted by Gasteiger charge is -2.34. The Balaban J connectivity index is 2.19. The number of hydrogen-bond donors (Lipinski definition) is 1. The molecule has 1 saturated heterocycles. The number of rotatable bonds is 3. The number of hydrogen-bond acceptors (Lipinski definition) is 3. The first-order valence-electron chi connectivity index (χ1n) is 6.44. The van der Waals surface area contributed by atoms with Gasteiger partial charge in [0, 0.05) is 31.4 Å². The van der Waals surface area contributed by atoms with E-state index in [1.54, 1.807) is 25.3 Å². The highest BCUT2D eigenvalue weighted by Gasteiger charge is 2.31. The van der Waals surface area contributed by atoms with Crippen LogP contribution in [0.25, 0.3) is 0 Å². The molecule has 0 aromatic carbocycles. The SMILES string of the molecule is CN(C)C(=O)Cn1cncc1C1(C)CCNCC1. The van der Waals surface area contributed by atoms with Gasteiger partial charge in [-0.1, -0.05) is 6.92 Å². The molecule has 1 aliphatic rings. The lowest BCUT2D eigenvalue weighted by Crippen LogP contribution is -2.39. The maximum absolute atomic E-state index is 11.8.